The quantitative estimate of drug-likeness (QED) is 0.215. The second kappa shape index (κ2) is 8.49. The largest absolute Gasteiger partial charge is 0.456 e. The summed E-state index contributed by atoms with van der Waals surface area (Å²) in [7, 11) is 0. The molecule has 3 nitrogen and oxygen atoms in total. The van der Waals surface area contributed by atoms with Crippen LogP contribution in [0.1, 0.15) is 16.7 Å². The summed E-state index contributed by atoms with van der Waals surface area (Å²) in [6, 6.07) is 33.0. The van der Waals surface area contributed by atoms with Crippen molar-refractivity contribution < 1.29 is 4.42 Å². The summed E-state index contributed by atoms with van der Waals surface area (Å²) in [6.45, 7) is 6.41. The summed E-state index contributed by atoms with van der Waals surface area (Å²) in [5, 5.41) is 7.00. The Kier molecular flexibility index (Phi) is 4.86. The molecule has 0 bridgehead atoms. The van der Waals surface area contributed by atoms with Crippen molar-refractivity contribution in [1.29, 1.82) is 0 Å². The number of fused-ring (bicyclic) bond motifs is 9. The molecule has 0 amide bonds. The molecule has 40 heavy (non-hydrogen) atoms. The Hall–Kier alpha value is -5.02. The predicted octanol–water partition coefficient (Wildman–Crippen LogP) is 10.1. The lowest BCUT2D eigenvalue weighted by atomic mass is 9.93. The van der Waals surface area contributed by atoms with E-state index in [1.165, 1.54) is 54.9 Å². The van der Waals surface area contributed by atoms with Crippen LogP contribution in [-0.2, 0) is 0 Å². The normalized spacial score (nSPS) is 11.9. The van der Waals surface area contributed by atoms with Gasteiger partial charge >= 0.3 is 0 Å². The second-order valence-electron chi connectivity index (χ2n) is 10.9. The molecule has 2 aromatic heterocycles. The smallest absolute Gasteiger partial charge is 0.138 e. The zero-order chi connectivity index (χ0) is 27.0. The lowest BCUT2D eigenvalue weighted by Crippen LogP contribution is -1.89. The highest BCUT2D eigenvalue weighted by Crippen LogP contribution is 2.39. The molecule has 8 rings (SSSR count). The second-order valence-corrected chi connectivity index (χ2v) is 10.9. The van der Waals surface area contributed by atoms with Gasteiger partial charge in [-0.15, -0.1) is 0 Å². The Morgan fingerprint density at radius 2 is 1.05 bits per heavy atom. The number of furan rings is 1. The maximum atomic E-state index is 6.35. The number of rotatable bonds is 2. The molecule has 0 saturated heterocycles. The van der Waals surface area contributed by atoms with Crippen molar-refractivity contribution in [3.05, 3.63) is 120 Å². The molecule has 3 heteroatoms. The first kappa shape index (κ1) is 22.9. The van der Waals surface area contributed by atoms with Crippen LogP contribution in [0.4, 0.5) is 0 Å². The Balaban J connectivity index is 1.31. The number of aryl methyl sites for hydroxylation is 3. The van der Waals surface area contributed by atoms with Crippen LogP contribution in [0.3, 0.4) is 0 Å². The van der Waals surface area contributed by atoms with Gasteiger partial charge in [0.1, 0.15) is 11.2 Å². The summed E-state index contributed by atoms with van der Waals surface area (Å²) in [6.07, 6.45) is 3.55. The Morgan fingerprint density at radius 1 is 0.450 bits per heavy atom. The summed E-state index contributed by atoms with van der Waals surface area (Å²) in [5.74, 6) is 0. The van der Waals surface area contributed by atoms with Crippen molar-refractivity contribution in [2.75, 3.05) is 0 Å². The van der Waals surface area contributed by atoms with E-state index in [0.717, 1.165) is 38.5 Å². The van der Waals surface area contributed by atoms with Crippen molar-refractivity contribution in [1.82, 2.24) is 9.97 Å². The molecular weight excluding hydrogens is 488 g/mol. The number of benzene rings is 6. The first-order chi connectivity index (χ1) is 19.5. The molecule has 0 radical (unpaired) electrons. The van der Waals surface area contributed by atoms with Crippen molar-refractivity contribution in [3.63, 3.8) is 0 Å². The van der Waals surface area contributed by atoms with Crippen LogP contribution >= 0.6 is 0 Å². The molecule has 0 saturated carbocycles. The van der Waals surface area contributed by atoms with Gasteiger partial charge in [-0.25, -0.2) is 0 Å². The molecule has 0 aliphatic heterocycles. The summed E-state index contributed by atoms with van der Waals surface area (Å²) in [4.78, 5) is 9.38. The first-order valence-electron chi connectivity index (χ1n) is 13.7. The highest BCUT2D eigenvalue weighted by Gasteiger charge is 2.15. The van der Waals surface area contributed by atoms with Crippen LogP contribution in [0.2, 0.25) is 0 Å². The van der Waals surface area contributed by atoms with E-state index in [0.29, 0.717) is 0 Å². The number of aromatic nitrogens is 2. The van der Waals surface area contributed by atoms with E-state index in [9.17, 15) is 0 Å². The molecule has 0 N–H and O–H groups in total. The van der Waals surface area contributed by atoms with Crippen molar-refractivity contribution in [2.24, 2.45) is 0 Å². The SMILES string of the molecule is Cc1cc(C)c2oc3c(C)cc(-c4cccc(-c5ccc6c(c5)c5ccccc5c5nccnc65)c4)cc3c2c1. The van der Waals surface area contributed by atoms with Gasteiger partial charge in [0.15, 0.2) is 0 Å². The number of hydrogen-bond donors (Lipinski definition) is 0. The number of nitrogens with zero attached hydrogens (tertiary/aromatic N) is 2. The maximum Gasteiger partial charge on any atom is 0.138 e. The molecule has 0 aliphatic rings. The van der Waals surface area contributed by atoms with Crippen LogP contribution in [0.15, 0.2) is 108 Å². The molecule has 0 aliphatic carbocycles. The van der Waals surface area contributed by atoms with Crippen LogP contribution in [0.5, 0.6) is 0 Å². The minimum atomic E-state index is 0.943. The van der Waals surface area contributed by atoms with Gasteiger partial charge in [0.05, 0.1) is 11.0 Å². The van der Waals surface area contributed by atoms with E-state index in [1.807, 2.05) is 0 Å². The highest BCUT2D eigenvalue weighted by atomic mass is 16.3. The van der Waals surface area contributed by atoms with Crippen molar-refractivity contribution in [3.8, 4) is 22.3 Å². The molecule has 190 valence electrons. The average Bonchev–Trinajstić information content (AvgIpc) is 3.37. The monoisotopic (exact) mass is 514 g/mol. The lowest BCUT2D eigenvalue weighted by molar-refractivity contribution is 0.662. The lowest BCUT2D eigenvalue weighted by Gasteiger charge is -2.12. The van der Waals surface area contributed by atoms with E-state index in [-0.39, 0.29) is 0 Å². The molecule has 0 spiro atoms. The topological polar surface area (TPSA) is 38.9 Å². The third-order valence-corrected chi connectivity index (χ3v) is 8.16. The third kappa shape index (κ3) is 3.37. The predicted molar refractivity (Wildman–Crippen MR) is 167 cm³/mol. The Bertz CT molecular complexity index is 2270. The minimum Gasteiger partial charge on any atom is -0.456 e. The molecule has 0 unspecified atom stereocenters. The average molecular weight is 515 g/mol. The molecule has 6 aromatic carbocycles. The molecule has 0 atom stereocenters. The standard InChI is InChI=1S/C37H26N2O/c1-21-15-22(2)36-32(16-21)33-20-27(17-23(3)37(33)40-36)25-8-6-7-24(18-25)26-11-12-30-31(19-26)28-9-4-5-10-29(28)34-35(30)39-14-13-38-34/h4-20H,1-3H3. The van der Waals surface area contributed by atoms with Gasteiger partial charge in [-0.3, -0.25) is 9.97 Å². The van der Waals surface area contributed by atoms with E-state index >= 15 is 0 Å². The van der Waals surface area contributed by atoms with Gasteiger partial charge in [0.25, 0.3) is 0 Å². The van der Waals surface area contributed by atoms with Gasteiger partial charge in [-0.1, -0.05) is 60.7 Å². The molecule has 0 fully saturated rings. The summed E-state index contributed by atoms with van der Waals surface area (Å²) < 4.78 is 6.35. The van der Waals surface area contributed by atoms with Crippen LogP contribution in [0.25, 0.3) is 76.8 Å². The first-order valence-corrected chi connectivity index (χ1v) is 13.7. The summed E-state index contributed by atoms with van der Waals surface area (Å²) in [5.41, 5.74) is 12.2. The maximum absolute atomic E-state index is 6.35. The van der Waals surface area contributed by atoms with Crippen molar-refractivity contribution in [2.45, 2.75) is 20.8 Å². The van der Waals surface area contributed by atoms with E-state index in [1.54, 1.807) is 12.4 Å². The van der Waals surface area contributed by atoms with Gasteiger partial charge in [0, 0.05) is 33.9 Å². The van der Waals surface area contributed by atoms with Crippen LogP contribution in [-0.4, -0.2) is 9.97 Å². The zero-order valence-corrected chi connectivity index (χ0v) is 22.6. The third-order valence-electron chi connectivity index (χ3n) is 8.16. The van der Waals surface area contributed by atoms with Crippen LogP contribution in [0, 0.1) is 20.8 Å². The summed E-state index contributed by atoms with van der Waals surface area (Å²) >= 11 is 0. The fourth-order valence-corrected chi connectivity index (χ4v) is 6.36. The minimum absolute atomic E-state index is 0.943. The Labute approximate surface area is 231 Å². The fraction of sp³-hybridized carbons (Fsp3) is 0.0811. The zero-order valence-electron chi connectivity index (χ0n) is 22.6. The van der Waals surface area contributed by atoms with E-state index in [4.69, 9.17) is 9.40 Å². The molecule has 8 aromatic rings. The molecular formula is C37H26N2O. The van der Waals surface area contributed by atoms with Crippen molar-refractivity contribution >= 4 is 54.5 Å². The van der Waals surface area contributed by atoms with Crippen LogP contribution < -0.4 is 0 Å². The van der Waals surface area contributed by atoms with Gasteiger partial charge < -0.3 is 4.42 Å². The van der Waals surface area contributed by atoms with E-state index < -0.39 is 0 Å². The number of hydrogen-bond acceptors (Lipinski definition) is 3. The van der Waals surface area contributed by atoms with Gasteiger partial charge in [0.2, 0.25) is 0 Å². The highest BCUT2D eigenvalue weighted by molar-refractivity contribution is 6.23. The van der Waals surface area contributed by atoms with E-state index in [2.05, 4.69) is 117 Å². The fourth-order valence-electron chi connectivity index (χ4n) is 6.36. The Morgan fingerprint density at radius 3 is 1.82 bits per heavy atom. The van der Waals surface area contributed by atoms with Gasteiger partial charge in [-0.05, 0) is 101 Å². The molecule has 2 heterocycles. The van der Waals surface area contributed by atoms with Gasteiger partial charge in [-0.2, -0.15) is 0 Å².